The number of nitriles is 1. The number of hydrogen-bond acceptors (Lipinski definition) is 7. The van der Waals surface area contributed by atoms with Crippen molar-refractivity contribution in [1.82, 2.24) is 29.3 Å². The summed E-state index contributed by atoms with van der Waals surface area (Å²) in [4.78, 5) is 31.2. The predicted octanol–water partition coefficient (Wildman–Crippen LogP) is 1.91. The molecule has 0 aliphatic carbocycles. The molecule has 12 heteroatoms. The van der Waals surface area contributed by atoms with Gasteiger partial charge in [0.25, 0.3) is 5.91 Å². The Bertz CT molecular complexity index is 1480. The minimum Gasteiger partial charge on any atom is -0.496 e. The number of aromatic nitrogens is 5. The van der Waals surface area contributed by atoms with Gasteiger partial charge < -0.3 is 15.0 Å². The van der Waals surface area contributed by atoms with E-state index in [1.54, 1.807) is 36.7 Å². The van der Waals surface area contributed by atoms with Crippen LogP contribution >= 0.6 is 0 Å². The molecule has 11 nitrogen and oxygen atoms in total. The van der Waals surface area contributed by atoms with Crippen molar-refractivity contribution in [2.45, 2.75) is 12.7 Å². The average molecular weight is 474 g/mol. The molecule has 0 bridgehead atoms. The van der Waals surface area contributed by atoms with E-state index < -0.39 is 12.1 Å². The number of fused-ring (bicyclic) bond motifs is 1. The number of methoxy groups -OCH3 is 1. The molecule has 1 fully saturated rings. The molecule has 1 saturated heterocycles. The lowest BCUT2D eigenvalue weighted by Crippen LogP contribution is -2.52. The standard InChI is InChI=1S/C23H19FN8O3/c1-35-19-4-3-14(8-25)7-16(19)21-18(12-31(29-21)13-20(33)30-10-15(24)11-30)28-23(34)17-9-27-32-6-2-5-26-22(17)32/h2-7,9,12,15H,10-11,13H2,1H3,(H,28,34). The highest BCUT2D eigenvalue weighted by Gasteiger charge is 2.31. The third kappa shape index (κ3) is 4.15. The maximum absolute atomic E-state index is 13.2. The van der Waals surface area contributed by atoms with Gasteiger partial charge in [-0.3, -0.25) is 14.3 Å². The molecule has 0 atom stereocenters. The number of likely N-dealkylation sites (tertiary alicyclic amines) is 1. The van der Waals surface area contributed by atoms with E-state index in [0.717, 1.165) is 0 Å². The largest absolute Gasteiger partial charge is 0.496 e. The molecule has 35 heavy (non-hydrogen) atoms. The number of benzene rings is 1. The summed E-state index contributed by atoms with van der Waals surface area (Å²) in [7, 11) is 1.48. The topological polar surface area (TPSA) is 130 Å². The highest BCUT2D eigenvalue weighted by molar-refractivity contribution is 6.09. The number of carbonyl (C=O) groups is 2. The normalized spacial score (nSPS) is 13.3. The second-order valence-corrected chi connectivity index (χ2v) is 7.91. The van der Waals surface area contributed by atoms with E-state index in [9.17, 15) is 19.2 Å². The Balaban J connectivity index is 1.52. The van der Waals surface area contributed by atoms with Gasteiger partial charge in [-0.1, -0.05) is 0 Å². The van der Waals surface area contributed by atoms with E-state index in [1.807, 2.05) is 0 Å². The minimum atomic E-state index is -1.01. The fourth-order valence-corrected chi connectivity index (χ4v) is 3.80. The van der Waals surface area contributed by atoms with Crippen molar-refractivity contribution in [1.29, 1.82) is 5.26 Å². The Hall–Kier alpha value is -4.79. The lowest BCUT2D eigenvalue weighted by atomic mass is 10.1. The first-order chi connectivity index (χ1) is 17.0. The number of alkyl halides is 1. The van der Waals surface area contributed by atoms with Gasteiger partial charge in [-0.2, -0.15) is 15.5 Å². The summed E-state index contributed by atoms with van der Waals surface area (Å²) in [6.45, 7) is -0.0409. The summed E-state index contributed by atoms with van der Waals surface area (Å²) in [6.07, 6.45) is 5.12. The van der Waals surface area contributed by atoms with Gasteiger partial charge in [-0.05, 0) is 24.3 Å². The quantitative estimate of drug-likeness (QED) is 0.452. The first kappa shape index (κ1) is 22.0. The second-order valence-electron chi connectivity index (χ2n) is 7.91. The fraction of sp³-hybridized carbons (Fsp3) is 0.217. The monoisotopic (exact) mass is 474 g/mol. The van der Waals surface area contributed by atoms with Crippen molar-refractivity contribution in [2.75, 3.05) is 25.5 Å². The molecule has 0 radical (unpaired) electrons. The van der Waals surface area contributed by atoms with Crippen LogP contribution in [0.15, 0.2) is 49.1 Å². The number of amides is 2. The Kier molecular flexibility index (Phi) is 5.58. The SMILES string of the molecule is COc1ccc(C#N)cc1-c1nn(CC(=O)N2CC(F)C2)cc1NC(=O)c1cnn2cccnc12. The molecule has 0 unspecified atom stereocenters. The molecule has 5 rings (SSSR count). The van der Waals surface area contributed by atoms with Gasteiger partial charge in [0.15, 0.2) is 5.65 Å². The number of rotatable bonds is 6. The van der Waals surface area contributed by atoms with Crippen LogP contribution in [0.5, 0.6) is 5.75 Å². The molecule has 176 valence electrons. The van der Waals surface area contributed by atoms with Crippen molar-refractivity contribution in [3.8, 4) is 23.1 Å². The summed E-state index contributed by atoms with van der Waals surface area (Å²) in [6, 6.07) is 8.58. The van der Waals surface area contributed by atoms with Crippen molar-refractivity contribution in [3.05, 3.63) is 60.2 Å². The van der Waals surface area contributed by atoms with Crippen LogP contribution < -0.4 is 10.1 Å². The Morgan fingerprint density at radius 1 is 1.34 bits per heavy atom. The van der Waals surface area contributed by atoms with Gasteiger partial charge in [-0.25, -0.2) is 13.9 Å². The molecule has 3 aromatic heterocycles. The molecule has 1 aromatic carbocycles. The van der Waals surface area contributed by atoms with E-state index in [4.69, 9.17) is 4.74 Å². The van der Waals surface area contributed by atoms with Crippen molar-refractivity contribution >= 4 is 23.1 Å². The van der Waals surface area contributed by atoms with Gasteiger partial charge in [0.05, 0.1) is 43.7 Å². The Morgan fingerprint density at radius 2 is 2.17 bits per heavy atom. The van der Waals surface area contributed by atoms with Gasteiger partial charge in [-0.15, -0.1) is 0 Å². The molecule has 2 amide bonds. The summed E-state index contributed by atoms with van der Waals surface area (Å²) in [5.74, 6) is -0.351. The van der Waals surface area contributed by atoms with Crippen LogP contribution in [0, 0.1) is 11.3 Å². The fourth-order valence-electron chi connectivity index (χ4n) is 3.80. The van der Waals surface area contributed by atoms with Crippen LogP contribution in [0.25, 0.3) is 16.9 Å². The van der Waals surface area contributed by atoms with Gasteiger partial charge in [0.2, 0.25) is 5.91 Å². The molecule has 4 aromatic rings. The lowest BCUT2D eigenvalue weighted by Gasteiger charge is -2.34. The van der Waals surface area contributed by atoms with Crippen molar-refractivity contribution in [3.63, 3.8) is 0 Å². The summed E-state index contributed by atoms with van der Waals surface area (Å²) in [5.41, 5.74) is 2.03. The van der Waals surface area contributed by atoms with Gasteiger partial charge >= 0.3 is 0 Å². The molecule has 1 aliphatic heterocycles. The van der Waals surface area contributed by atoms with Gasteiger partial charge in [0.1, 0.15) is 29.7 Å². The van der Waals surface area contributed by atoms with Crippen molar-refractivity contribution < 1.29 is 18.7 Å². The van der Waals surface area contributed by atoms with Crippen molar-refractivity contribution in [2.24, 2.45) is 0 Å². The van der Waals surface area contributed by atoms with E-state index in [0.29, 0.717) is 33.9 Å². The highest BCUT2D eigenvalue weighted by Crippen LogP contribution is 2.35. The number of nitrogens with zero attached hydrogens (tertiary/aromatic N) is 7. The van der Waals surface area contributed by atoms with Crippen LogP contribution in [0.4, 0.5) is 10.1 Å². The number of hydrogen-bond donors (Lipinski definition) is 1. The lowest BCUT2D eigenvalue weighted by molar-refractivity contribution is -0.139. The third-order valence-corrected chi connectivity index (χ3v) is 5.60. The smallest absolute Gasteiger partial charge is 0.261 e. The highest BCUT2D eigenvalue weighted by atomic mass is 19.1. The van der Waals surface area contributed by atoms with Crippen LogP contribution in [-0.2, 0) is 11.3 Å². The molecule has 1 N–H and O–H groups in total. The summed E-state index contributed by atoms with van der Waals surface area (Å²) in [5, 5.41) is 20.8. The van der Waals surface area contributed by atoms with E-state index in [1.165, 1.54) is 33.6 Å². The Labute approximate surface area is 198 Å². The number of nitrogens with one attached hydrogen (secondary N) is 1. The second kappa shape index (κ2) is 8.86. The zero-order chi connectivity index (χ0) is 24.5. The van der Waals surface area contributed by atoms with Gasteiger partial charge in [0, 0.05) is 24.2 Å². The van der Waals surface area contributed by atoms with E-state index >= 15 is 0 Å². The Morgan fingerprint density at radius 3 is 2.91 bits per heavy atom. The van der Waals surface area contributed by atoms with Crippen LogP contribution in [0.2, 0.25) is 0 Å². The molecular weight excluding hydrogens is 455 g/mol. The zero-order valence-corrected chi connectivity index (χ0v) is 18.6. The first-order valence-corrected chi connectivity index (χ1v) is 10.6. The predicted molar refractivity (Wildman–Crippen MR) is 121 cm³/mol. The van der Waals surface area contributed by atoms with E-state index in [2.05, 4.69) is 26.6 Å². The molecule has 0 saturated carbocycles. The number of ether oxygens (including phenoxy) is 1. The van der Waals surface area contributed by atoms with Crippen LogP contribution in [0.1, 0.15) is 15.9 Å². The third-order valence-electron chi connectivity index (χ3n) is 5.60. The summed E-state index contributed by atoms with van der Waals surface area (Å²) < 4.78 is 21.5. The minimum absolute atomic E-state index is 0.0519. The number of anilines is 1. The summed E-state index contributed by atoms with van der Waals surface area (Å²) >= 11 is 0. The first-order valence-electron chi connectivity index (χ1n) is 10.6. The van der Waals surface area contributed by atoms with Crippen LogP contribution in [-0.4, -0.2) is 67.5 Å². The number of carbonyl (C=O) groups excluding carboxylic acids is 2. The molecular formula is C23H19FN8O3. The molecule has 1 aliphatic rings. The molecule has 4 heterocycles. The average Bonchev–Trinajstić information content (AvgIpc) is 3.45. The maximum atomic E-state index is 13.2. The van der Waals surface area contributed by atoms with Crippen LogP contribution in [0.3, 0.4) is 0 Å². The molecule has 0 spiro atoms. The zero-order valence-electron chi connectivity index (χ0n) is 18.6. The maximum Gasteiger partial charge on any atom is 0.261 e. The number of halogens is 1. The van der Waals surface area contributed by atoms with E-state index in [-0.39, 0.29) is 31.1 Å².